The molecule has 0 aliphatic rings. The second kappa shape index (κ2) is 49.6. The molecule has 0 saturated carbocycles. The van der Waals surface area contributed by atoms with E-state index in [1.165, 1.54) is 25.7 Å². The maximum absolute atomic E-state index is 12.8. The van der Waals surface area contributed by atoms with E-state index in [1.54, 1.807) is 6.08 Å². The molecule has 3 atom stereocenters. The minimum Gasteiger partial charge on any atom is -0.462 e. The first-order chi connectivity index (χ1) is 33.2. The van der Waals surface area contributed by atoms with E-state index in [-0.39, 0.29) is 19.3 Å². The van der Waals surface area contributed by atoms with Gasteiger partial charge in [-0.25, -0.2) is 4.57 Å². The lowest BCUT2D eigenvalue weighted by atomic mass is 10.1. The molecular weight excluding hydrogens is 880 g/mol. The average Bonchev–Trinajstić information content (AvgIpc) is 3.32. The molecule has 0 aromatic rings. The van der Waals surface area contributed by atoms with Gasteiger partial charge in [-0.1, -0.05) is 175 Å². The van der Waals surface area contributed by atoms with Crippen LogP contribution in [0.15, 0.2) is 109 Å². The Bertz CT molecular complexity index is 1550. The van der Waals surface area contributed by atoms with E-state index in [4.69, 9.17) is 23.3 Å². The summed E-state index contributed by atoms with van der Waals surface area (Å²) in [5, 5.41) is 9.77. The number of unbranched alkanes of at least 4 members (excludes halogenated alkanes) is 12. The van der Waals surface area contributed by atoms with Crippen molar-refractivity contribution in [2.45, 2.75) is 200 Å². The second-order valence-electron chi connectivity index (χ2n) is 16.6. The number of hydrogen-bond donors (Lipinski definition) is 2. The maximum Gasteiger partial charge on any atom is 0.472 e. The van der Waals surface area contributed by atoms with Crippen molar-refractivity contribution >= 4 is 25.7 Å². The summed E-state index contributed by atoms with van der Waals surface area (Å²) in [7, 11) is -4.78. The van der Waals surface area contributed by atoms with E-state index in [9.17, 15) is 28.9 Å². The number of phosphoric acid groups is 1. The summed E-state index contributed by atoms with van der Waals surface area (Å²) < 4.78 is 39.2. The zero-order valence-corrected chi connectivity index (χ0v) is 43.2. The van der Waals surface area contributed by atoms with Gasteiger partial charge in [0.25, 0.3) is 0 Å². The van der Waals surface area contributed by atoms with E-state index < -0.39 is 64.4 Å². The van der Waals surface area contributed by atoms with Gasteiger partial charge < -0.3 is 24.2 Å². The van der Waals surface area contributed by atoms with Crippen LogP contribution in [0, 0.1) is 0 Å². The number of allylic oxidation sites excluding steroid dienone is 17. The fraction of sp³-hybridized carbons (Fsp3) is 0.625. The first kappa shape index (κ1) is 64.1. The number of carbonyl (C=O) groups excluding carboxylic acids is 3. The van der Waals surface area contributed by atoms with Gasteiger partial charge in [-0.05, 0) is 103 Å². The Hall–Kier alpha value is -3.86. The summed E-state index contributed by atoms with van der Waals surface area (Å²) >= 11 is 0. The van der Waals surface area contributed by atoms with Gasteiger partial charge in [-0.3, -0.25) is 23.4 Å². The zero-order chi connectivity index (χ0) is 49.9. The monoisotopic (exact) mass is 971 g/mol. The quantitative estimate of drug-likeness (QED) is 0.0197. The highest BCUT2D eigenvalue weighted by Crippen LogP contribution is 2.43. The molecule has 0 aromatic heterocycles. The fourth-order valence-corrected chi connectivity index (χ4v) is 7.10. The third kappa shape index (κ3) is 47.2. The summed E-state index contributed by atoms with van der Waals surface area (Å²) in [6.07, 6.45) is 58.1. The molecule has 68 heavy (non-hydrogen) atoms. The average molecular weight is 971 g/mol. The Morgan fingerprint density at radius 2 is 0.824 bits per heavy atom. The van der Waals surface area contributed by atoms with Gasteiger partial charge in [0.15, 0.2) is 6.10 Å². The van der Waals surface area contributed by atoms with Crippen LogP contribution in [0.5, 0.6) is 0 Å². The molecule has 11 nitrogen and oxygen atoms in total. The highest BCUT2D eigenvalue weighted by Gasteiger charge is 2.28. The Morgan fingerprint density at radius 1 is 0.441 bits per heavy atom. The van der Waals surface area contributed by atoms with Crippen molar-refractivity contribution in [2.75, 3.05) is 26.4 Å². The SMILES string of the molecule is CC/C=C\C/C=C\C/C=C\C/C=C\C/C=C\CC(=O)OC(COC(=O)CCCCC/C=C\C/C=C\C/C=C\CC)COP(=O)(O)OCC(CO)OC(=O)CCCCCCC/C=C\CCCCCC. The molecule has 0 bridgehead atoms. The molecule has 0 aliphatic heterocycles. The van der Waals surface area contributed by atoms with Crippen molar-refractivity contribution in [3.05, 3.63) is 109 Å². The number of aliphatic hydroxyl groups is 1. The molecule has 2 N–H and O–H groups in total. The van der Waals surface area contributed by atoms with E-state index in [0.717, 1.165) is 103 Å². The van der Waals surface area contributed by atoms with Crippen molar-refractivity contribution in [1.29, 1.82) is 0 Å². The Kier molecular flexibility index (Phi) is 46.7. The lowest BCUT2D eigenvalue weighted by molar-refractivity contribution is -0.160. The summed E-state index contributed by atoms with van der Waals surface area (Å²) in [4.78, 5) is 48.2. The van der Waals surface area contributed by atoms with Crippen LogP contribution in [0.3, 0.4) is 0 Å². The third-order valence-corrected chi connectivity index (χ3v) is 11.1. The van der Waals surface area contributed by atoms with Crippen LogP contribution in [-0.2, 0) is 42.2 Å². The van der Waals surface area contributed by atoms with Gasteiger partial charge in [-0.2, -0.15) is 0 Å². The second-order valence-corrected chi connectivity index (χ2v) is 18.0. The van der Waals surface area contributed by atoms with Gasteiger partial charge in [0.1, 0.15) is 12.7 Å². The normalized spacial score (nSPS) is 14.4. The van der Waals surface area contributed by atoms with Gasteiger partial charge in [-0.15, -0.1) is 0 Å². The topological polar surface area (TPSA) is 155 Å². The van der Waals surface area contributed by atoms with Crippen LogP contribution in [0.2, 0.25) is 0 Å². The highest BCUT2D eigenvalue weighted by molar-refractivity contribution is 7.47. The molecule has 0 aromatic carbocycles. The number of aliphatic hydroxyl groups excluding tert-OH is 1. The number of esters is 3. The van der Waals surface area contributed by atoms with E-state index in [0.29, 0.717) is 19.3 Å². The Labute approximate surface area is 412 Å². The molecule has 0 aliphatic carbocycles. The standard InChI is InChI=1S/C56H91O11P/c1-4-7-10-13-16-19-22-25-26-29-32-35-38-41-44-47-56(60)67-53(49-63-54(58)45-42-39-36-33-30-27-23-20-17-14-11-8-5-2)51-65-68(61,62)64-50-52(48-57)66-55(59)46-43-40-37-34-31-28-24-21-18-15-12-9-6-3/h7-8,10-11,16-17,19-21,24-27,30,32,35,41,44,52-53,57H,4-6,9,12-15,18,22-23,28-29,31,33-34,36-40,42-43,45-51H2,1-3H3,(H,61,62)/b10-7-,11-8-,19-16-,20-17-,24-21-,26-25-,30-27-,35-32-,44-41-. The van der Waals surface area contributed by atoms with Crippen LogP contribution in [0.1, 0.15) is 188 Å². The van der Waals surface area contributed by atoms with E-state index in [1.807, 2.05) is 18.2 Å². The van der Waals surface area contributed by atoms with Crippen molar-refractivity contribution in [1.82, 2.24) is 0 Å². The van der Waals surface area contributed by atoms with Crippen LogP contribution in [0.25, 0.3) is 0 Å². The zero-order valence-electron chi connectivity index (χ0n) is 42.3. The number of phosphoric ester groups is 1. The molecule has 386 valence electrons. The lowest BCUT2D eigenvalue weighted by Gasteiger charge is -2.21. The van der Waals surface area contributed by atoms with Crippen molar-refractivity contribution in [3.8, 4) is 0 Å². The fourth-order valence-electron chi connectivity index (χ4n) is 6.32. The first-order valence-electron chi connectivity index (χ1n) is 25.8. The number of hydrogen-bond acceptors (Lipinski definition) is 10. The van der Waals surface area contributed by atoms with Crippen molar-refractivity contribution < 1.29 is 52.2 Å². The lowest BCUT2D eigenvalue weighted by Crippen LogP contribution is -2.30. The number of carbonyl (C=O) groups is 3. The largest absolute Gasteiger partial charge is 0.472 e. The predicted octanol–water partition coefficient (Wildman–Crippen LogP) is 14.7. The Balaban J connectivity index is 4.92. The molecule has 0 spiro atoms. The van der Waals surface area contributed by atoms with Gasteiger partial charge in [0.2, 0.25) is 0 Å². The molecule has 0 heterocycles. The van der Waals surface area contributed by atoms with Crippen LogP contribution in [-0.4, -0.2) is 66.5 Å². The number of rotatable bonds is 46. The molecule has 12 heteroatoms. The van der Waals surface area contributed by atoms with Crippen LogP contribution in [0.4, 0.5) is 0 Å². The summed E-state index contributed by atoms with van der Waals surface area (Å²) in [6, 6.07) is 0. The minimum atomic E-state index is -4.78. The van der Waals surface area contributed by atoms with Gasteiger partial charge in [0.05, 0.1) is 26.2 Å². The number of ether oxygens (including phenoxy) is 3. The predicted molar refractivity (Wildman–Crippen MR) is 279 cm³/mol. The first-order valence-corrected chi connectivity index (χ1v) is 27.3. The third-order valence-electron chi connectivity index (χ3n) is 10.2. The van der Waals surface area contributed by atoms with Gasteiger partial charge >= 0.3 is 25.7 Å². The molecule has 0 rings (SSSR count). The molecule has 0 amide bonds. The van der Waals surface area contributed by atoms with E-state index in [2.05, 4.69) is 106 Å². The minimum absolute atomic E-state index is 0.0766. The Morgan fingerprint density at radius 3 is 1.32 bits per heavy atom. The van der Waals surface area contributed by atoms with Crippen LogP contribution >= 0.6 is 7.82 Å². The maximum atomic E-state index is 12.8. The van der Waals surface area contributed by atoms with Crippen molar-refractivity contribution in [3.63, 3.8) is 0 Å². The highest BCUT2D eigenvalue weighted by atomic mass is 31.2. The van der Waals surface area contributed by atoms with E-state index >= 15 is 0 Å². The van der Waals surface area contributed by atoms with Crippen molar-refractivity contribution in [2.24, 2.45) is 0 Å². The van der Waals surface area contributed by atoms with Gasteiger partial charge in [0, 0.05) is 12.8 Å². The smallest absolute Gasteiger partial charge is 0.462 e. The summed E-state index contributed by atoms with van der Waals surface area (Å²) in [6.45, 7) is 4.21. The summed E-state index contributed by atoms with van der Waals surface area (Å²) in [5.41, 5.74) is 0. The van der Waals surface area contributed by atoms with Crippen LogP contribution < -0.4 is 0 Å². The molecule has 0 saturated heterocycles. The molecule has 0 radical (unpaired) electrons. The summed E-state index contributed by atoms with van der Waals surface area (Å²) in [5.74, 6) is -1.68. The molecular formula is C56H91O11P. The molecule has 0 fully saturated rings. The molecule has 3 unspecified atom stereocenters.